The van der Waals surface area contributed by atoms with Gasteiger partial charge in [0.15, 0.2) is 5.96 Å². The average Bonchev–Trinajstić information content (AvgIpc) is 3.15. The van der Waals surface area contributed by atoms with Gasteiger partial charge in [-0.25, -0.2) is 4.99 Å². The fourth-order valence-electron chi connectivity index (χ4n) is 4.37. The quantitative estimate of drug-likeness (QED) is 0.371. The number of likely N-dealkylation sites (tertiary alicyclic amines) is 2. The first-order valence-electron chi connectivity index (χ1n) is 11.7. The van der Waals surface area contributed by atoms with Gasteiger partial charge < -0.3 is 15.5 Å². The normalized spacial score (nSPS) is 20.6. The highest BCUT2D eigenvalue weighted by molar-refractivity contribution is 5.79. The number of rotatable bonds is 9. The van der Waals surface area contributed by atoms with E-state index >= 15 is 0 Å². The Morgan fingerprint density at radius 2 is 1.93 bits per heavy atom. The number of carbonyl (C=O) groups excluding carboxylic acids is 1. The van der Waals surface area contributed by atoms with Gasteiger partial charge in [-0.3, -0.25) is 9.69 Å². The Labute approximate surface area is 182 Å². The van der Waals surface area contributed by atoms with E-state index in [9.17, 15) is 4.79 Å². The van der Waals surface area contributed by atoms with Gasteiger partial charge in [-0.05, 0) is 56.2 Å². The molecule has 2 saturated heterocycles. The first-order chi connectivity index (χ1) is 14.6. The predicted octanol–water partition coefficient (Wildman–Crippen LogP) is 2.99. The lowest BCUT2D eigenvalue weighted by Crippen LogP contribution is -2.39. The third-order valence-electron chi connectivity index (χ3n) is 6.00. The van der Waals surface area contributed by atoms with Crippen molar-refractivity contribution in [1.29, 1.82) is 0 Å². The highest BCUT2D eigenvalue weighted by Gasteiger charge is 2.19. The van der Waals surface area contributed by atoms with Crippen LogP contribution in [0.25, 0.3) is 0 Å². The van der Waals surface area contributed by atoms with Crippen LogP contribution in [0.15, 0.2) is 29.3 Å². The van der Waals surface area contributed by atoms with Gasteiger partial charge in [-0.1, -0.05) is 31.2 Å². The fraction of sp³-hybridized carbons (Fsp3) is 0.667. The van der Waals surface area contributed by atoms with Gasteiger partial charge in [-0.15, -0.1) is 0 Å². The van der Waals surface area contributed by atoms with E-state index in [4.69, 9.17) is 4.99 Å². The summed E-state index contributed by atoms with van der Waals surface area (Å²) in [7, 11) is 0. The molecule has 0 aromatic heterocycles. The number of aliphatic imine (C=N–C) groups is 1. The number of nitrogens with zero attached hydrogens (tertiary/aromatic N) is 3. The molecule has 30 heavy (non-hydrogen) atoms. The molecule has 0 aliphatic carbocycles. The molecule has 166 valence electrons. The van der Waals surface area contributed by atoms with Crippen molar-refractivity contribution in [1.82, 2.24) is 20.4 Å². The molecule has 2 fully saturated rings. The number of guanidine groups is 1. The summed E-state index contributed by atoms with van der Waals surface area (Å²) < 4.78 is 0. The van der Waals surface area contributed by atoms with Gasteiger partial charge in [0.2, 0.25) is 5.91 Å². The van der Waals surface area contributed by atoms with Crippen molar-refractivity contribution in [2.75, 3.05) is 39.3 Å². The van der Waals surface area contributed by atoms with Crippen LogP contribution in [-0.4, -0.2) is 60.9 Å². The molecule has 0 spiro atoms. The minimum atomic E-state index is 0.300. The molecule has 0 radical (unpaired) electrons. The van der Waals surface area contributed by atoms with Crippen LogP contribution in [0.5, 0.6) is 0 Å². The Morgan fingerprint density at radius 1 is 1.13 bits per heavy atom. The second-order valence-electron chi connectivity index (χ2n) is 8.76. The Balaban J connectivity index is 1.42. The van der Waals surface area contributed by atoms with Crippen molar-refractivity contribution in [2.24, 2.45) is 10.9 Å². The van der Waals surface area contributed by atoms with Gasteiger partial charge in [0, 0.05) is 45.7 Å². The first-order valence-corrected chi connectivity index (χ1v) is 11.7. The maximum absolute atomic E-state index is 11.7. The molecule has 6 nitrogen and oxygen atoms in total. The molecule has 1 aromatic carbocycles. The number of benzene rings is 1. The Bertz CT molecular complexity index is 687. The SMILES string of the molecule is CCNC(=NCc1ccc(CN2CCCC(C)C2)cc1)NCCCN1CCCC1=O. The summed E-state index contributed by atoms with van der Waals surface area (Å²) in [6.45, 7) is 12.0. The van der Waals surface area contributed by atoms with Crippen molar-refractivity contribution in [3.05, 3.63) is 35.4 Å². The molecule has 3 rings (SSSR count). The first kappa shape index (κ1) is 22.6. The van der Waals surface area contributed by atoms with Crippen LogP contribution < -0.4 is 10.6 Å². The van der Waals surface area contributed by atoms with E-state index in [2.05, 4.69) is 53.6 Å². The lowest BCUT2D eigenvalue weighted by Gasteiger charge is -2.30. The highest BCUT2D eigenvalue weighted by Crippen LogP contribution is 2.18. The molecule has 0 saturated carbocycles. The van der Waals surface area contributed by atoms with Crippen LogP contribution >= 0.6 is 0 Å². The van der Waals surface area contributed by atoms with E-state index < -0.39 is 0 Å². The second kappa shape index (κ2) is 11.9. The van der Waals surface area contributed by atoms with E-state index in [1.54, 1.807) is 0 Å². The van der Waals surface area contributed by atoms with E-state index in [0.717, 1.165) is 57.4 Å². The smallest absolute Gasteiger partial charge is 0.222 e. The summed E-state index contributed by atoms with van der Waals surface area (Å²) >= 11 is 0. The number of hydrogen-bond donors (Lipinski definition) is 2. The maximum Gasteiger partial charge on any atom is 0.222 e. The Hall–Kier alpha value is -2.08. The standard InChI is InChI=1S/C24H39N5O/c1-3-25-24(26-13-6-16-29-15-5-8-23(29)30)27-17-21-9-11-22(12-10-21)19-28-14-4-7-20(2)18-28/h9-12,20H,3-8,13-19H2,1-2H3,(H2,25,26,27). The maximum atomic E-state index is 11.7. The van der Waals surface area contributed by atoms with Gasteiger partial charge in [-0.2, -0.15) is 0 Å². The van der Waals surface area contributed by atoms with Crippen LogP contribution in [0.1, 0.15) is 57.1 Å². The lowest BCUT2D eigenvalue weighted by atomic mass is 9.99. The number of carbonyl (C=O) groups is 1. The van der Waals surface area contributed by atoms with E-state index in [-0.39, 0.29) is 0 Å². The third-order valence-corrected chi connectivity index (χ3v) is 6.00. The van der Waals surface area contributed by atoms with Crippen molar-refractivity contribution in [2.45, 2.75) is 59.0 Å². The molecule has 2 N–H and O–H groups in total. The molecular weight excluding hydrogens is 374 g/mol. The minimum absolute atomic E-state index is 0.300. The predicted molar refractivity (Wildman–Crippen MR) is 123 cm³/mol. The number of nitrogens with one attached hydrogen (secondary N) is 2. The molecule has 1 atom stereocenters. The molecular formula is C24H39N5O. The van der Waals surface area contributed by atoms with Crippen molar-refractivity contribution in [3.8, 4) is 0 Å². The molecule has 1 aromatic rings. The third kappa shape index (κ3) is 7.31. The zero-order valence-corrected chi connectivity index (χ0v) is 18.8. The van der Waals surface area contributed by atoms with Crippen LogP contribution in [0.2, 0.25) is 0 Å². The van der Waals surface area contributed by atoms with Gasteiger partial charge in [0.05, 0.1) is 6.54 Å². The van der Waals surface area contributed by atoms with Crippen LogP contribution in [0.4, 0.5) is 0 Å². The van der Waals surface area contributed by atoms with Crippen LogP contribution in [-0.2, 0) is 17.9 Å². The minimum Gasteiger partial charge on any atom is -0.357 e. The van der Waals surface area contributed by atoms with Crippen molar-refractivity contribution in [3.63, 3.8) is 0 Å². The molecule has 1 unspecified atom stereocenters. The summed E-state index contributed by atoms with van der Waals surface area (Å²) in [5.74, 6) is 1.96. The molecule has 2 aliphatic heterocycles. The highest BCUT2D eigenvalue weighted by atomic mass is 16.2. The van der Waals surface area contributed by atoms with Crippen LogP contribution in [0, 0.1) is 5.92 Å². The molecule has 2 aliphatic rings. The summed E-state index contributed by atoms with van der Waals surface area (Å²) in [6, 6.07) is 8.90. The van der Waals surface area contributed by atoms with Crippen molar-refractivity contribution >= 4 is 11.9 Å². The number of piperidine rings is 1. The topological polar surface area (TPSA) is 60.0 Å². The lowest BCUT2D eigenvalue weighted by molar-refractivity contribution is -0.127. The molecule has 2 heterocycles. The summed E-state index contributed by atoms with van der Waals surface area (Å²) in [5, 5.41) is 6.71. The second-order valence-corrected chi connectivity index (χ2v) is 8.76. The van der Waals surface area contributed by atoms with Gasteiger partial charge in [0.25, 0.3) is 0 Å². The molecule has 0 bridgehead atoms. The monoisotopic (exact) mass is 413 g/mol. The molecule has 1 amide bonds. The Morgan fingerprint density at radius 3 is 2.63 bits per heavy atom. The Kier molecular flexibility index (Phi) is 9.00. The fourth-order valence-corrected chi connectivity index (χ4v) is 4.37. The van der Waals surface area contributed by atoms with E-state index in [1.165, 1.54) is 37.1 Å². The summed E-state index contributed by atoms with van der Waals surface area (Å²) in [6.07, 6.45) is 5.36. The largest absolute Gasteiger partial charge is 0.357 e. The number of hydrogen-bond acceptors (Lipinski definition) is 3. The van der Waals surface area contributed by atoms with E-state index in [1.807, 2.05) is 4.90 Å². The summed E-state index contributed by atoms with van der Waals surface area (Å²) in [4.78, 5) is 21.0. The van der Waals surface area contributed by atoms with Crippen LogP contribution in [0.3, 0.4) is 0 Å². The summed E-state index contributed by atoms with van der Waals surface area (Å²) in [5.41, 5.74) is 2.61. The van der Waals surface area contributed by atoms with Gasteiger partial charge in [0.1, 0.15) is 0 Å². The molecule has 6 heteroatoms. The van der Waals surface area contributed by atoms with Gasteiger partial charge >= 0.3 is 0 Å². The number of amides is 1. The zero-order valence-electron chi connectivity index (χ0n) is 18.8. The van der Waals surface area contributed by atoms with Crippen molar-refractivity contribution < 1.29 is 4.79 Å². The van der Waals surface area contributed by atoms with E-state index in [0.29, 0.717) is 18.9 Å². The average molecular weight is 414 g/mol. The zero-order chi connectivity index (χ0) is 21.2.